The van der Waals surface area contributed by atoms with Crippen molar-refractivity contribution in [3.63, 3.8) is 0 Å². The number of hydrogen-bond acceptors (Lipinski definition) is 0. The van der Waals surface area contributed by atoms with E-state index < -0.39 is 4.33 Å². The topological polar surface area (TPSA) is 0 Å². The predicted octanol–water partition coefficient (Wildman–Crippen LogP) is 11.9. The summed E-state index contributed by atoms with van der Waals surface area (Å²) in [7, 11) is 0. The van der Waals surface area contributed by atoms with Crippen molar-refractivity contribution in [1.82, 2.24) is 0 Å². The molecule has 0 spiro atoms. The van der Waals surface area contributed by atoms with E-state index in [2.05, 4.69) is 6.07 Å². The lowest BCUT2D eigenvalue weighted by atomic mass is 9.83. The van der Waals surface area contributed by atoms with E-state index in [1.165, 1.54) is 0 Å². The Kier molecular flexibility index (Phi) is 8.31. The van der Waals surface area contributed by atoms with Gasteiger partial charge < -0.3 is 0 Å². The third kappa shape index (κ3) is 5.87. The van der Waals surface area contributed by atoms with Crippen LogP contribution in [0.5, 0.6) is 0 Å². The first-order chi connectivity index (χ1) is 18.2. The SMILES string of the molecule is Clc1ccc(Cc2ccc(C(Cl)(Cl)c3ccc(Cl)cc3)c(-c3ccc(Cl)cc3)c2-c2ccc(Cl)cc2)cc1. The molecule has 0 aromatic heterocycles. The minimum atomic E-state index is -1.36. The Morgan fingerprint density at radius 2 is 0.868 bits per heavy atom. The fourth-order valence-corrected chi connectivity index (χ4v) is 5.63. The highest BCUT2D eigenvalue weighted by molar-refractivity contribution is 6.50. The average molecular weight is 617 g/mol. The number of alkyl halides is 2. The van der Waals surface area contributed by atoms with E-state index in [-0.39, 0.29) is 0 Å². The third-order valence-corrected chi connectivity index (χ3v) is 8.26. The van der Waals surface area contributed by atoms with Gasteiger partial charge in [0.15, 0.2) is 4.33 Å². The molecule has 0 saturated carbocycles. The number of halogens is 6. The maximum Gasteiger partial charge on any atom is 0.168 e. The zero-order valence-corrected chi connectivity index (χ0v) is 24.4. The lowest BCUT2D eigenvalue weighted by molar-refractivity contribution is 1.04. The summed E-state index contributed by atoms with van der Waals surface area (Å²) >= 11 is 39.3. The molecule has 38 heavy (non-hydrogen) atoms. The molecule has 0 nitrogen and oxygen atoms in total. The molecule has 0 bridgehead atoms. The monoisotopic (exact) mass is 614 g/mol. The highest BCUT2D eigenvalue weighted by Crippen LogP contribution is 2.49. The van der Waals surface area contributed by atoms with Crippen molar-refractivity contribution < 1.29 is 0 Å². The zero-order chi connectivity index (χ0) is 26.9. The Morgan fingerprint density at radius 1 is 0.447 bits per heavy atom. The van der Waals surface area contributed by atoms with Gasteiger partial charge in [-0.05, 0) is 93.9 Å². The van der Waals surface area contributed by atoms with Crippen LogP contribution in [0.2, 0.25) is 20.1 Å². The lowest BCUT2D eigenvalue weighted by Gasteiger charge is -2.28. The van der Waals surface area contributed by atoms with Crippen LogP contribution >= 0.6 is 69.6 Å². The summed E-state index contributed by atoms with van der Waals surface area (Å²) < 4.78 is -1.36. The summed E-state index contributed by atoms with van der Waals surface area (Å²) in [6, 6.07) is 34.7. The molecule has 5 aromatic rings. The minimum absolute atomic E-state index is 0.607. The van der Waals surface area contributed by atoms with E-state index in [9.17, 15) is 0 Å². The van der Waals surface area contributed by atoms with E-state index in [4.69, 9.17) is 69.6 Å². The fraction of sp³-hybridized carbons (Fsp3) is 0.0625. The minimum Gasteiger partial charge on any atom is -0.0909 e. The largest absolute Gasteiger partial charge is 0.168 e. The van der Waals surface area contributed by atoms with Crippen LogP contribution in [0.25, 0.3) is 22.3 Å². The number of benzene rings is 5. The molecule has 0 saturated heterocycles. The molecule has 0 fully saturated rings. The summed E-state index contributed by atoms with van der Waals surface area (Å²) in [5.74, 6) is 0. The van der Waals surface area contributed by atoms with Crippen LogP contribution in [0.4, 0.5) is 0 Å². The van der Waals surface area contributed by atoms with Crippen LogP contribution < -0.4 is 0 Å². The fourth-order valence-electron chi connectivity index (χ4n) is 4.55. The lowest BCUT2D eigenvalue weighted by Crippen LogP contribution is -2.15. The molecule has 5 aromatic carbocycles. The van der Waals surface area contributed by atoms with Crippen molar-refractivity contribution in [2.75, 3.05) is 0 Å². The molecule has 0 amide bonds. The summed E-state index contributed by atoms with van der Waals surface area (Å²) in [6.07, 6.45) is 0.675. The van der Waals surface area contributed by atoms with Crippen LogP contribution in [0, 0.1) is 0 Å². The van der Waals surface area contributed by atoms with Gasteiger partial charge >= 0.3 is 0 Å². The van der Waals surface area contributed by atoms with Gasteiger partial charge in [0.05, 0.1) is 0 Å². The standard InChI is InChI=1S/C32H20Cl6/c33-25-10-1-20(2-11-25)19-23-7-18-29(32(37,38)24-8-16-28(36)17-9-24)31(22-5-14-27(35)15-6-22)30(23)21-3-12-26(34)13-4-21/h1-18H,19H2. The van der Waals surface area contributed by atoms with Gasteiger partial charge in [-0.2, -0.15) is 0 Å². The molecule has 0 atom stereocenters. The van der Waals surface area contributed by atoms with Crippen LogP contribution in [-0.4, -0.2) is 0 Å². The van der Waals surface area contributed by atoms with Crippen molar-refractivity contribution in [1.29, 1.82) is 0 Å². The molecule has 0 heterocycles. The normalized spacial score (nSPS) is 11.5. The van der Waals surface area contributed by atoms with Gasteiger partial charge in [0.2, 0.25) is 0 Å². The van der Waals surface area contributed by atoms with E-state index >= 15 is 0 Å². The van der Waals surface area contributed by atoms with Crippen molar-refractivity contribution in [3.05, 3.63) is 152 Å². The van der Waals surface area contributed by atoms with Gasteiger partial charge in [0.1, 0.15) is 0 Å². The zero-order valence-electron chi connectivity index (χ0n) is 19.9. The molecule has 5 rings (SSSR count). The first kappa shape index (κ1) is 27.4. The Labute approximate surface area is 252 Å². The molecule has 0 N–H and O–H groups in total. The van der Waals surface area contributed by atoms with Crippen molar-refractivity contribution in [2.45, 2.75) is 10.8 Å². The third-order valence-electron chi connectivity index (χ3n) is 6.41. The second-order valence-corrected chi connectivity index (χ2v) is 12.0. The molecule has 0 aliphatic carbocycles. The van der Waals surface area contributed by atoms with Crippen LogP contribution in [0.15, 0.2) is 109 Å². The maximum absolute atomic E-state index is 7.20. The van der Waals surface area contributed by atoms with Crippen molar-refractivity contribution >= 4 is 69.6 Å². The Hall–Kier alpha value is -2.16. The van der Waals surface area contributed by atoms with Crippen LogP contribution in [-0.2, 0) is 10.8 Å². The van der Waals surface area contributed by atoms with Crippen molar-refractivity contribution in [3.8, 4) is 22.3 Å². The second kappa shape index (κ2) is 11.5. The van der Waals surface area contributed by atoms with Crippen LogP contribution in [0.1, 0.15) is 22.3 Å². The van der Waals surface area contributed by atoms with Crippen LogP contribution in [0.3, 0.4) is 0 Å². The van der Waals surface area contributed by atoms with E-state index in [1.807, 2.05) is 91.0 Å². The summed E-state index contributed by atoms with van der Waals surface area (Å²) in [4.78, 5) is 0. The number of hydrogen-bond donors (Lipinski definition) is 0. The first-order valence-electron chi connectivity index (χ1n) is 11.8. The Morgan fingerprint density at radius 3 is 1.37 bits per heavy atom. The quantitative estimate of drug-likeness (QED) is 0.166. The van der Waals surface area contributed by atoms with Gasteiger partial charge in [-0.1, -0.05) is 130 Å². The van der Waals surface area contributed by atoms with Gasteiger partial charge in [-0.15, -0.1) is 0 Å². The smallest absolute Gasteiger partial charge is 0.0909 e. The highest BCUT2D eigenvalue weighted by Gasteiger charge is 2.34. The van der Waals surface area contributed by atoms with Gasteiger partial charge in [0, 0.05) is 25.7 Å². The van der Waals surface area contributed by atoms with E-state index in [0.29, 0.717) is 32.1 Å². The molecule has 0 radical (unpaired) electrons. The molecule has 6 heteroatoms. The Bertz CT molecular complexity index is 1550. The van der Waals surface area contributed by atoms with E-state index in [0.717, 1.165) is 38.9 Å². The van der Waals surface area contributed by atoms with E-state index in [1.54, 1.807) is 12.1 Å². The first-order valence-corrected chi connectivity index (χ1v) is 14.1. The average Bonchev–Trinajstić information content (AvgIpc) is 2.91. The van der Waals surface area contributed by atoms with Gasteiger partial charge in [-0.3, -0.25) is 0 Å². The molecule has 0 aliphatic rings. The maximum atomic E-state index is 7.20. The molecule has 0 aliphatic heterocycles. The summed E-state index contributed by atoms with van der Waals surface area (Å²) in [5.41, 5.74) is 7.54. The second-order valence-electron chi connectivity index (χ2n) is 8.92. The molecular formula is C32H20Cl6. The van der Waals surface area contributed by atoms with Gasteiger partial charge in [0.25, 0.3) is 0 Å². The Balaban J connectivity index is 1.81. The highest BCUT2D eigenvalue weighted by atomic mass is 35.5. The molecular weight excluding hydrogens is 597 g/mol. The predicted molar refractivity (Wildman–Crippen MR) is 166 cm³/mol. The van der Waals surface area contributed by atoms with Gasteiger partial charge in [-0.25, -0.2) is 0 Å². The summed E-state index contributed by atoms with van der Waals surface area (Å²) in [6.45, 7) is 0. The molecule has 0 unspecified atom stereocenters. The van der Waals surface area contributed by atoms with Crippen molar-refractivity contribution in [2.24, 2.45) is 0 Å². The number of rotatable bonds is 6. The summed E-state index contributed by atoms with van der Waals surface area (Å²) in [5, 5.41) is 2.60. The molecule has 190 valence electrons.